The number of nitrogens with zero attached hydrogens (tertiary/aromatic N) is 1. The Morgan fingerprint density at radius 3 is 2.54 bits per heavy atom. The van der Waals surface area contributed by atoms with Crippen LogP contribution in [0.25, 0.3) is 0 Å². The van der Waals surface area contributed by atoms with Gasteiger partial charge in [-0.25, -0.2) is 0 Å². The number of methoxy groups -OCH3 is 1. The van der Waals surface area contributed by atoms with E-state index >= 15 is 0 Å². The molecule has 0 saturated heterocycles. The zero-order chi connectivity index (χ0) is 20.7. The molecule has 28 heavy (non-hydrogen) atoms. The van der Waals surface area contributed by atoms with Crippen LogP contribution in [0.2, 0.25) is 0 Å². The lowest BCUT2D eigenvalue weighted by Crippen LogP contribution is -2.17. The lowest BCUT2D eigenvalue weighted by Gasteiger charge is -2.12. The van der Waals surface area contributed by atoms with E-state index in [9.17, 15) is 19.7 Å². The van der Waals surface area contributed by atoms with Crippen molar-refractivity contribution in [3.05, 3.63) is 57.6 Å². The largest absolute Gasteiger partial charge is 0.490 e. The average Bonchev–Trinajstić information content (AvgIpc) is 2.63. The second kappa shape index (κ2) is 9.75. The Kier molecular flexibility index (Phi) is 7.39. The lowest BCUT2D eigenvalue weighted by molar-refractivity contribution is -0.385. The fourth-order valence-electron chi connectivity index (χ4n) is 2.48. The summed E-state index contributed by atoms with van der Waals surface area (Å²) in [4.78, 5) is 34.1. The molecule has 2 aromatic rings. The number of rotatable bonds is 8. The Bertz CT molecular complexity index is 901. The summed E-state index contributed by atoms with van der Waals surface area (Å²) < 4.78 is 4.98. The molecule has 0 aliphatic carbocycles. The number of carbonyl (C=O) groups excluding carboxylic acids is 2. The minimum Gasteiger partial charge on any atom is -0.490 e. The minimum absolute atomic E-state index is 0.107. The van der Waals surface area contributed by atoms with E-state index in [-0.39, 0.29) is 29.0 Å². The minimum atomic E-state index is -0.499. The first kappa shape index (κ1) is 21.2. The van der Waals surface area contributed by atoms with Crippen molar-refractivity contribution >= 4 is 40.6 Å². The Hall–Kier alpha value is -3.07. The molecule has 2 rings (SSSR count). The molecule has 0 radical (unpaired) electrons. The van der Waals surface area contributed by atoms with E-state index in [1.54, 1.807) is 24.3 Å². The molecule has 0 fully saturated rings. The number of ether oxygens (including phenoxy) is 1. The quantitative estimate of drug-likeness (QED) is 0.513. The van der Waals surface area contributed by atoms with E-state index in [1.807, 2.05) is 13.0 Å². The van der Waals surface area contributed by atoms with Gasteiger partial charge in [-0.2, -0.15) is 0 Å². The second-order valence-corrected chi connectivity index (χ2v) is 7.02. The normalized spacial score (nSPS) is 10.2. The van der Waals surface area contributed by atoms with Crippen molar-refractivity contribution in [3.63, 3.8) is 0 Å². The van der Waals surface area contributed by atoms with Gasteiger partial charge in [0.05, 0.1) is 29.2 Å². The fourth-order valence-corrected chi connectivity index (χ4v) is 3.25. The van der Waals surface area contributed by atoms with Crippen molar-refractivity contribution in [3.8, 4) is 5.75 Å². The van der Waals surface area contributed by atoms with Crippen LogP contribution in [0.3, 0.4) is 0 Å². The fraction of sp³-hybridized carbons (Fsp3) is 0.263. The van der Waals surface area contributed by atoms with E-state index in [2.05, 4.69) is 10.6 Å². The molecule has 0 aromatic heterocycles. The van der Waals surface area contributed by atoms with Crippen LogP contribution in [0.5, 0.6) is 5.75 Å². The summed E-state index contributed by atoms with van der Waals surface area (Å²) in [7, 11) is 1.38. The number of nitro groups is 1. The van der Waals surface area contributed by atoms with Crippen LogP contribution in [0, 0.1) is 17.0 Å². The van der Waals surface area contributed by atoms with Crippen LogP contribution in [0.4, 0.5) is 17.1 Å². The van der Waals surface area contributed by atoms with Gasteiger partial charge < -0.3 is 15.4 Å². The van der Waals surface area contributed by atoms with Gasteiger partial charge in [-0.05, 0) is 36.2 Å². The summed E-state index contributed by atoms with van der Waals surface area (Å²) in [5, 5.41) is 16.5. The second-order valence-electron chi connectivity index (χ2n) is 6.03. The highest BCUT2D eigenvalue weighted by Crippen LogP contribution is 2.29. The first-order valence-corrected chi connectivity index (χ1v) is 9.52. The number of anilines is 2. The van der Waals surface area contributed by atoms with Crippen molar-refractivity contribution in [2.24, 2.45) is 0 Å². The number of carbonyl (C=O) groups is 2. The molecule has 2 N–H and O–H groups in total. The molecular formula is C19H21N3O5S. The average molecular weight is 403 g/mol. The van der Waals surface area contributed by atoms with E-state index in [4.69, 9.17) is 4.74 Å². The van der Waals surface area contributed by atoms with Gasteiger partial charge in [0.2, 0.25) is 11.8 Å². The van der Waals surface area contributed by atoms with E-state index in [0.29, 0.717) is 17.1 Å². The van der Waals surface area contributed by atoms with Crippen molar-refractivity contribution in [2.45, 2.75) is 19.6 Å². The summed E-state index contributed by atoms with van der Waals surface area (Å²) in [6, 6.07) is 10.1. The third-order valence-corrected chi connectivity index (χ3v) is 4.71. The Morgan fingerprint density at radius 1 is 1.14 bits per heavy atom. The smallest absolute Gasteiger partial charge is 0.311 e. The molecule has 0 saturated carbocycles. The first-order chi connectivity index (χ1) is 13.3. The molecule has 0 aliphatic heterocycles. The van der Waals surface area contributed by atoms with Gasteiger partial charge in [-0.1, -0.05) is 12.1 Å². The maximum atomic E-state index is 12.3. The monoisotopic (exact) mass is 403 g/mol. The Balaban J connectivity index is 1.97. The highest BCUT2D eigenvalue weighted by atomic mass is 32.2. The van der Waals surface area contributed by atoms with E-state index in [0.717, 1.165) is 11.1 Å². The number of nitro benzene ring substituents is 1. The number of benzene rings is 2. The van der Waals surface area contributed by atoms with Gasteiger partial charge in [0.25, 0.3) is 0 Å². The predicted molar refractivity (Wildman–Crippen MR) is 110 cm³/mol. The third-order valence-electron chi connectivity index (χ3n) is 3.70. The summed E-state index contributed by atoms with van der Waals surface area (Å²) in [5.41, 5.74) is 2.62. The van der Waals surface area contributed by atoms with Gasteiger partial charge in [0, 0.05) is 18.7 Å². The molecule has 0 spiro atoms. The van der Waals surface area contributed by atoms with Crippen LogP contribution in [-0.4, -0.2) is 29.6 Å². The molecular weight excluding hydrogens is 382 g/mol. The maximum absolute atomic E-state index is 12.3. The van der Waals surface area contributed by atoms with E-state index in [1.165, 1.54) is 31.9 Å². The van der Waals surface area contributed by atoms with Crippen LogP contribution >= 0.6 is 11.8 Å². The van der Waals surface area contributed by atoms with Gasteiger partial charge in [0.15, 0.2) is 5.75 Å². The summed E-state index contributed by atoms with van der Waals surface area (Å²) in [5.74, 6) is 0.333. The predicted octanol–water partition coefficient (Wildman–Crippen LogP) is 3.74. The number of aryl methyl sites for hydroxylation is 1. The Labute approximate surface area is 166 Å². The van der Waals surface area contributed by atoms with Gasteiger partial charge in [-0.3, -0.25) is 19.7 Å². The van der Waals surface area contributed by atoms with Gasteiger partial charge in [-0.15, -0.1) is 11.8 Å². The molecule has 2 aromatic carbocycles. The van der Waals surface area contributed by atoms with Crippen LogP contribution in [0.15, 0.2) is 36.4 Å². The standard InChI is InChI=1S/C19H21N3O5S/c1-12-4-6-15(20-13(2)23)16(8-12)21-19(24)11-28-10-14-5-7-18(27-3)17(9-14)22(25)26/h4-9H,10-11H2,1-3H3,(H,20,23)(H,21,24). The molecule has 2 amide bonds. The molecule has 8 nitrogen and oxygen atoms in total. The molecule has 9 heteroatoms. The highest BCUT2D eigenvalue weighted by molar-refractivity contribution is 7.99. The Morgan fingerprint density at radius 2 is 1.89 bits per heavy atom. The summed E-state index contributed by atoms with van der Waals surface area (Å²) >= 11 is 1.33. The molecule has 0 aliphatic rings. The van der Waals surface area contributed by atoms with Crippen molar-refractivity contribution in [1.29, 1.82) is 0 Å². The lowest BCUT2D eigenvalue weighted by atomic mass is 10.2. The number of hydrogen-bond acceptors (Lipinski definition) is 6. The maximum Gasteiger partial charge on any atom is 0.311 e. The number of amides is 2. The van der Waals surface area contributed by atoms with Crippen LogP contribution in [0.1, 0.15) is 18.1 Å². The van der Waals surface area contributed by atoms with Crippen LogP contribution < -0.4 is 15.4 Å². The van der Waals surface area contributed by atoms with Crippen LogP contribution in [-0.2, 0) is 15.3 Å². The molecule has 0 heterocycles. The van der Waals surface area contributed by atoms with Gasteiger partial charge >= 0.3 is 5.69 Å². The molecule has 0 atom stereocenters. The topological polar surface area (TPSA) is 111 Å². The number of thioether (sulfide) groups is 1. The van der Waals surface area contributed by atoms with Crippen molar-refractivity contribution in [2.75, 3.05) is 23.5 Å². The van der Waals surface area contributed by atoms with E-state index < -0.39 is 4.92 Å². The van der Waals surface area contributed by atoms with Crippen molar-refractivity contribution < 1.29 is 19.2 Å². The molecule has 0 unspecified atom stereocenters. The molecule has 0 bridgehead atoms. The van der Waals surface area contributed by atoms with Crippen molar-refractivity contribution in [1.82, 2.24) is 0 Å². The number of hydrogen-bond donors (Lipinski definition) is 2. The third kappa shape index (κ3) is 5.98. The highest BCUT2D eigenvalue weighted by Gasteiger charge is 2.15. The zero-order valence-electron chi connectivity index (χ0n) is 15.8. The summed E-state index contributed by atoms with van der Waals surface area (Å²) in [6.45, 7) is 3.29. The number of nitrogens with one attached hydrogen (secondary N) is 2. The SMILES string of the molecule is COc1ccc(CSCC(=O)Nc2cc(C)ccc2NC(C)=O)cc1[N+](=O)[O-]. The summed E-state index contributed by atoms with van der Waals surface area (Å²) in [6.07, 6.45) is 0. The molecule has 148 valence electrons. The van der Waals surface area contributed by atoms with Gasteiger partial charge in [0.1, 0.15) is 0 Å². The first-order valence-electron chi connectivity index (χ1n) is 8.37. The zero-order valence-corrected chi connectivity index (χ0v) is 16.6.